The van der Waals surface area contributed by atoms with Crippen LogP contribution in [0.25, 0.3) is 0 Å². The highest BCUT2D eigenvalue weighted by atomic mass is 19.1. The Morgan fingerprint density at radius 2 is 2.05 bits per heavy atom. The first-order valence-electron chi connectivity index (χ1n) is 6.17. The Morgan fingerprint density at radius 1 is 1.30 bits per heavy atom. The Bertz CT molecular complexity index is 641. The highest BCUT2D eigenvalue weighted by molar-refractivity contribution is 5.98. The van der Waals surface area contributed by atoms with Gasteiger partial charge in [-0.25, -0.2) is 4.39 Å². The summed E-state index contributed by atoms with van der Waals surface area (Å²) in [7, 11) is 0. The van der Waals surface area contributed by atoms with E-state index < -0.39 is 5.82 Å². The lowest BCUT2D eigenvalue weighted by Gasteiger charge is -2.12. The van der Waals surface area contributed by atoms with Crippen LogP contribution < -0.4 is 11.1 Å². The molecule has 4 nitrogen and oxygen atoms in total. The van der Waals surface area contributed by atoms with E-state index in [-0.39, 0.29) is 5.84 Å². The molecule has 2 rings (SSSR count). The van der Waals surface area contributed by atoms with E-state index in [1.54, 1.807) is 6.07 Å². The molecule has 0 saturated carbocycles. The van der Waals surface area contributed by atoms with E-state index in [1.807, 2.05) is 31.2 Å². The number of benzene rings is 2. The molecule has 0 aliphatic heterocycles. The maximum absolute atomic E-state index is 13.3. The van der Waals surface area contributed by atoms with E-state index in [4.69, 9.17) is 10.9 Å². The molecule has 20 heavy (non-hydrogen) atoms. The number of aryl methyl sites for hydroxylation is 1. The number of oxime groups is 1. The molecule has 0 bridgehead atoms. The van der Waals surface area contributed by atoms with Gasteiger partial charge in [0.1, 0.15) is 5.82 Å². The van der Waals surface area contributed by atoms with Gasteiger partial charge in [-0.3, -0.25) is 0 Å². The molecule has 0 saturated heterocycles. The van der Waals surface area contributed by atoms with E-state index >= 15 is 0 Å². The van der Waals surface area contributed by atoms with Gasteiger partial charge in [-0.15, -0.1) is 0 Å². The van der Waals surface area contributed by atoms with E-state index in [9.17, 15) is 4.39 Å². The molecule has 0 radical (unpaired) electrons. The standard InChI is InChI=1S/C15H16FN3O/c1-10-4-2-3-5-14(10)18-9-11-6-7-12(16)8-13(11)15(17)19-20/h2-8,18,20H,9H2,1H3,(H2,17,19). The van der Waals surface area contributed by atoms with Crippen molar-refractivity contribution in [3.05, 3.63) is 65.0 Å². The molecule has 4 N–H and O–H groups in total. The van der Waals surface area contributed by atoms with Crippen LogP contribution in [0.1, 0.15) is 16.7 Å². The minimum absolute atomic E-state index is 0.105. The lowest BCUT2D eigenvalue weighted by Crippen LogP contribution is -2.17. The molecule has 5 heteroatoms. The van der Waals surface area contributed by atoms with Crippen molar-refractivity contribution in [2.75, 3.05) is 5.32 Å². The highest BCUT2D eigenvalue weighted by Gasteiger charge is 2.09. The molecular formula is C15H16FN3O. The van der Waals surface area contributed by atoms with Crippen LogP contribution in [0.3, 0.4) is 0 Å². The first-order valence-corrected chi connectivity index (χ1v) is 6.17. The summed E-state index contributed by atoms with van der Waals surface area (Å²) in [6, 6.07) is 12.1. The third-order valence-corrected chi connectivity index (χ3v) is 3.07. The Kier molecular flexibility index (Phi) is 4.20. The largest absolute Gasteiger partial charge is 0.409 e. The number of hydrogen-bond acceptors (Lipinski definition) is 3. The van der Waals surface area contributed by atoms with Crippen molar-refractivity contribution in [3.63, 3.8) is 0 Å². The zero-order valence-electron chi connectivity index (χ0n) is 11.1. The van der Waals surface area contributed by atoms with Crippen molar-refractivity contribution >= 4 is 11.5 Å². The second-order valence-corrected chi connectivity index (χ2v) is 4.46. The second-order valence-electron chi connectivity index (χ2n) is 4.46. The van der Waals surface area contributed by atoms with Crippen molar-refractivity contribution in [2.45, 2.75) is 13.5 Å². The van der Waals surface area contributed by atoms with Gasteiger partial charge in [-0.1, -0.05) is 29.4 Å². The van der Waals surface area contributed by atoms with Crippen LogP contribution in [0.4, 0.5) is 10.1 Å². The predicted molar refractivity (Wildman–Crippen MR) is 77.4 cm³/mol. The van der Waals surface area contributed by atoms with E-state index in [1.165, 1.54) is 12.1 Å². The first-order chi connectivity index (χ1) is 9.61. The topological polar surface area (TPSA) is 70.6 Å². The summed E-state index contributed by atoms with van der Waals surface area (Å²) < 4.78 is 13.3. The van der Waals surface area contributed by atoms with E-state index in [0.717, 1.165) is 16.8 Å². The highest BCUT2D eigenvalue weighted by Crippen LogP contribution is 2.17. The number of para-hydroxylation sites is 1. The van der Waals surface area contributed by atoms with Gasteiger partial charge >= 0.3 is 0 Å². The fourth-order valence-electron chi connectivity index (χ4n) is 1.96. The third-order valence-electron chi connectivity index (χ3n) is 3.07. The average Bonchev–Trinajstić information content (AvgIpc) is 2.46. The van der Waals surface area contributed by atoms with Crippen LogP contribution in [-0.2, 0) is 6.54 Å². The van der Waals surface area contributed by atoms with Gasteiger partial charge in [0.2, 0.25) is 0 Å². The van der Waals surface area contributed by atoms with Crippen molar-refractivity contribution in [2.24, 2.45) is 10.9 Å². The Morgan fingerprint density at radius 3 is 2.75 bits per heavy atom. The molecule has 0 aliphatic carbocycles. The number of halogens is 1. The number of anilines is 1. The van der Waals surface area contributed by atoms with Gasteiger partial charge in [0.05, 0.1) is 0 Å². The summed E-state index contributed by atoms with van der Waals surface area (Å²) >= 11 is 0. The van der Waals surface area contributed by atoms with Crippen molar-refractivity contribution < 1.29 is 9.60 Å². The lowest BCUT2D eigenvalue weighted by molar-refractivity contribution is 0.318. The molecule has 0 heterocycles. The molecule has 0 amide bonds. The SMILES string of the molecule is Cc1ccccc1NCc1ccc(F)cc1C(N)=NO. The maximum Gasteiger partial charge on any atom is 0.170 e. The Balaban J connectivity index is 2.24. The summed E-state index contributed by atoms with van der Waals surface area (Å²) in [6.45, 7) is 2.45. The van der Waals surface area contributed by atoms with Crippen LogP contribution in [0.5, 0.6) is 0 Å². The number of nitrogens with two attached hydrogens (primary N) is 1. The Hall–Kier alpha value is -2.56. The molecule has 0 aromatic heterocycles. The van der Waals surface area contributed by atoms with Crippen LogP contribution >= 0.6 is 0 Å². The van der Waals surface area contributed by atoms with Gasteiger partial charge in [-0.05, 0) is 36.2 Å². The van der Waals surface area contributed by atoms with Gasteiger partial charge in [0, 0.05) is 17.8 Å². The summed E-state index contributed by atoms with van der Waals surface area (Å²) in [5.74, 6) is -0.530. The summed E-state index contributed by atoms with van der Waals surface area (Å²) in [6.07, 6.45) is 0. The molecule has 2 aromatic carbocycles. The Labute approximate surface area is 116 Å². The van der Waals surface area contributed by atoms with Gasteiger partial charge in [0.25, 0.3) is 0 Å². The number of nitrogens with zero attached hydrogens (tertiary/aromatic N) is 1. The van der Waals surface area contributed by atoms with Crippen LogP contribution in [0.2, 0.25) is 0 Å². The van der Waals surface area contributed by atoms with Gasteiger partial charge in [0.15, 0.2) is 5.84 Å². The summed E-state index contributed by atoms with van der Waals surface area (Å²) in [4.78, 5) is 0. The zero-order chi connectivity index (χ0) is 14.5. The van der Waals surface area contributed by atoms with Crippen molar-refractivity contribution in [3.8, 4) is 0 Å². The minimum Gasteiger partial charge on any atom is -0.409 e. The van der Waals surface area contributed by atoms with Crippen LogP contribution in [0.15, 0.2) is 47.6 Å². The maximum atomic E-state index is 13.3. The second kappa shape index (κ2) is 6.06. The van der Waals surface area contributed by atoms with Crippen LogP contribution in [0, 0.1) is 12.7 Å². The first kappa shape index (κ1) is 13.9. The monoisotopic (exact) mass is 273 g/mol. The number of hydrogen-bond donors (Lipinski definition) is 3. The summed E-state index contributed by atoms with van der Waals surface area (Å²) in [5.41, 5.74) is 8.81. The van der Waals surface area contributed by atoms with Crippen molar-refractivity contribution in [1.29, 1.82) is 0 Å². The molecule has 0 spiro atoms. The van der Waals surface area contributed by atoms with Gasteiger partial charge < -0.3 is 16.3 Å². The molecule has 0 unspecified atom stereocenters. The molecule has 0 atom stereocenters. The smallest absolute Gasteiger partial charge is 0.170 e. The molecule has 0 aliphatic rings. The third kappa shape index (κ3) is 3.06. The van der Waals surface area contributed by atoms with E-state index in [0.29, 0.717) is 12.1 Å². The van der Waals surface area contributed by atoms with Gasteiger partial charge in [-0.2, -0.15) is 0 Å². The summed E-state index contributed by atoms with van der Waals surface area (Å²) in [5, 5.41) is 14.9. The lowest BCUT2D eigenvalue weighted by atomic mass is 10.1. The predicted octanol–water partition coefficient (Wildman–Crippen LogP) is 2.84. The normalized spacial score (nSPS) is 11.4. The minimum atomic E-state index is -0.425. The fraction of sp³-hybridized carbons (Fsp3) is 0.133. The average molecular weight is 273 g/mol. The quantitative estimate of drug-likeness (QED) is 0.347. The molecular weight excluding hydrogens is 257 g/mol. The van der Waals surface area contributed by atoms with Crippen LogP contribution in [-0.4, -0.2) is 11.0 Å². The molecule has 104 valence electrons. The molecule has 2 aromatic rings. The zero-order valence-corrected chi connectivity index (χ0v) is 11.1. The number of rotatable bonds is 4. The molecule has 0 fully saturated rings. The van der Waals surface area contributed by atoms with E-state index in [2.05, 4.69) is 10.5 Å². The fourth-order valence-corrected chi connectivity index (χ4v) is 1.96. The number of amidine groups is 1. The number of nitrogens with one attached hydrogen (secondary N) is 1. The van der Waals surface area contributed by atoms with Crippen molar-refractivity contribution in [1.82, 2.24) is 0 Å².